The maximum absolute atomic E-state index is 13.3. The van der Waals surface area contributed by atoms with Crippen LogP contribution in [-0.2, 0) is 14.9 Å². The number of esters is 1. The Balaban J connectivity index is 2.05. The molecule has 0 unspecified atom stereocenters. The van der Waals surface area contributed by atoms with Gasteiger partial charge in [0.1, 0.15) is 5.82 Å². The van der Waals surface area contributed by atoms with Crippen LogP contribution in [0.25, 0.3) is 10.9 Å². The fourth-order valence-electron chi connectivity index (χ4n) is 3.24. The molecule has 0 spiro atoms. The third-order valence-electron chi connectivity index (χ3n) is 4.91. The average molecular weight is 530 g/mol. The molecule has 0 fully saturated rings. The SMILES string of the molecule is CCOc1cc(C=Nn2c(C(C)(C)C)nc3ccc(Br)cc3c2=O)ccc1O[C@H](C)C(=O)OC. The van der Waals surface area contributed by atoms with Crippen molar-refractivity contribution in [2.24, 2.45) is 5.10 Å². The molecule has 3 rings (SSSR count). The minimum atomic E-state index is -0.792. The van der Waals surface area contributed by atoms with E-state index in [1.165, 1.54) is 11.8 Å². The molecule has 0 radical (unpaired) electrons. The predicted octanol–water partition coefficient (Wildman–Crippen LogP) is 4.68. The van der Waals surface area contributed by atoms with Crippen molar-refractivity contribution in [3.05, 3.63) is 62.6 Å². The van der Waals surface area contributed by atoms with Crippen molar-refractivity contribution in [2.45, 2.75) is 46.1 Å². The van der Waals surface area contributed by atoms with Crippen LogP contribution in [0.3, 0.4) is 0 Å². The molecule has 0 amide bonds. The number of halogens is 1. The zero-order chi connectivity index (χ0) is 25.0. The fourth-order valence-corrected chi connectivity index (χ4v) is 3.60. The van der Waals surface area contributed by atoms with Crippen molar-refractivity contribution in [3.63, 3.8) is 0 Å². The summed E-state index contributed by atoms with van der Waals surface area (Å²) in [4.78, 5) is 29.7. The topological polar surface area (TPSA) is 92.0 Å². The minimum absolute atomic E-state index is 0.260. The molecule has 0 aliphatic carbocycles. The second kappa shape index (κ2) is 10.4. The van der Waals surface area contributed by atoms with Gasteiger partial charge < -0.3 is 14.2 Å². The Bertz CT molecular complexity index is 1290. The van der Waals surface area contributed by atoms with E-state index in [-0.39, 0.29) is 5.56 Å². The third-order valence-corrected chi connectivity index (χ3v) is 5.40. The highest BCUT2D eigenvalue weighted by molar-refractivity contribution is 9.10. The number of aromatic nitrogens is 2. The lowest BCUT2D eigenvalue weighted by atomic mass is 9.95. The lowest BCUT2D eigenvalue weighted by molar-refractivity contribution is -0.147. The van der Waals surface area contributed by atoms with Gasteiger partial charge in [-0.1, -0.05) is 36.7 Å². The molecular weight excluding hydrogens is 502 g/mol. The lowest BCUT2D eigenvalue weighted by Crippen LogP contribution is -2.29. The number of carbonyl (C=O) groups is 1. The summed E-state index contributed by atoms with van der Waals surface area (Å²) in [6, 6.07) is 10.6. The van der Waals surface area contributed by atoms with Crippen molar-refractivity contribution in [2.75, 3.05) is 13.7 Å². The molecule has 0 saturated heterocycles. The van der Waals surface area contributed by atoms with E-state index >= 15 is 0 Å². The third kappa shape index (κ3) is 5.64. The number of carbonyl (C=O) groups excluding carboxylic acids is 1. The zero-order valence-electron chi connectivity index (χ0n) is 20.1. The Morgan fingerprint density at radius 2 is 1.94 bits per heavy atom. The maximum Gasteiger partial charge on any atom is 0.346 e. The Hall–Kier alpha value is -3.20. The van der Waals surface area contributed by atoms with Crippen LogP contribution >= 0.6 is 15.9 Å². The molecule has 2 aromatic carbocycles. The Kier molecular flexibility index (Phi) is 7.76. The summed E-state index contributed by atoms with van der Waals surface area (Å²) >= 11 is 3.42. The predicted molar refractivity (Wildman–Crippen MR) is 135 cm³/mol. The number of nitrogens with zero attached hydrogens (tertiary/aromatic N) is 3. The van der Waals surface area contributed by atoms with Crippen molar-refractivity contribution >= 4 is 39.0 Å². The van der Waals surface area contributed by atoms with Crippen molar-refractivity contribution in [3.8, 4) is 11.5 Å². The number of ether oxygens (including phenoxy) is 3. The number of fused-ring (bicyclic) bond motifs is 1. The van der Waals surface area contributed by atoms with Gasteiger partial charge in [-0.2, -0.15) is 9.78 Å². The summed E-state index contributed by atoms with van der Waals surface area (Å²) in [6.45, 7) is 9.79. The van der Waals surface area contributed by atoms with Gasteiger partial charge in [0.25, 0.3) is 5.56 Å². The van der Waals surface area contributed by atoms with Gasteiger partial charge in [0.05, 0.1) is 30.8 Å². The van der Waals surface area contributed by atoms with E-state index < -0.39 is 17.5 Å². The first-order valence-electron chi connectivity index (χ1n) is 10.8. The van der Waals surface area contributed by atoms with Crippen LogP contribution in [0.1, 0.15) is 46.0 Å². The highest BCUT2D eigenvalue weighted by atomic mass is 79.9. The highest BCUT2D eigenvalue weighted by Crippen LogP contribution is 2.29. The van der Waals surface area contributed by atoms with Crippen LogP contribution in [0.15, 0.2) is 50.8 Å². The summed E-state index contributed by atoms with van der Waals surface area (Å²) in [5, 5.41) is 4.95. The van der Waals surface area contributed by atoms with E-state index in [1.54, 1.807) is 37.4 Å². The van der Waals surface area contributed by atoms with E-state index in [9.17, 15) is 9.59 Å². The number of hydrogen-bond acceptors (Lipinski definition) is 7. The van der Waals surface area contributed by atoms with Crippen LogP contribution in [-0.4, -0.2) is 41.7 Å². The molecule has 0 aliphatic heterocycles. The average Bonchev–Trinajstić information content (AvgIpc) is 2.79. The molecule has 8 nitrogen and oxygen atoms in total. The quantitative estimate of drug-likeness (QED) is 0.326. The first-order chi connectivity index (χ1) is 16.0. The van der Waals surface area contributed by atoms with Gasteiger partial charge in [0, 0.05) is 9.89 Å². The van der Waals surface area contributed by atoms with Gasteiger partial charge in [-0.25, -0.2) is 9.78 Å². The first-order valence-corrected chi connectivity index (χ1v) is 11.6. The summed E-state index contributed by atoms with van der Waals surface area (Å²) in [5.74, 6) is 0.908. The Labute approximate surface area is 206 Å². The molecule has 3 aromatic rings. The van der Waals surface area contributed by atoms with Gasteiger partial charge in [0.15, 0.2) is 17.6 Å². The normalized spacial score (nSPS) is 12.7. The molecule has 34 heavy (non-hydrogen) atoms. The number of benzene rings is 2. The van der Waals surface area contributed by atoms with Crippen LogP contribution in [0.5, 0.6) is 11.5 Å². The number of methoxy groups -OCH3 is 1. The monoisotopic (exact) mass is 529 g/mol. The molecule has 1 aromatic heterocycles. The van der Waals surface area contributed by atoms with Crippen LogP contribution < -0.4 is 15.0 Å². The highest BCUT2D eigenvalue weighted by Gasteiger charge is 2.23. The summed E-state index contributed by atoms with van der Waals surface area (Å²) < 4.78 is 18.2. The second-order valence-electron chi connectivity index (χ2n) is 8.63. The van der Waals surface area contributed by atoms with Gasteiger partial charge in [-0.3, -0.25) is 4.79 Å². The first kappa shape index (κ1) is 25.4. The van der Waals surface area contributed by atoms with Gasteiger partial charge in [-0.15, -0.1) is 0 Å². The summed E-state index contributed by atoms with van der Waals surface area (Å²) in [7, 11) is 1.30. The molecule has 0 N–H and O–H groups in total. The van der Waals surface area contributed by atoms with Crippen molar-refractivity contribution in [1.29, 1.82) is 0 Å². The number of hydrogen-bond donors (Lipinski definition) is 0. The van der Waals surface area contributed by atoms with Crippen LogP contribution in [0, 0.1) is 0 Å². The van der Waals surface area contributed by atoms with Gasteiger partial charge in [0.2, 0.25) is 0 Å². The fraction of sp³-hybridized carbons (Fsp3) is 0.360. The second-order valence-corrected chi connectivity index (χ2v) is 9.55. The standard InChI is InChI=1S/C25H28BrN3O5/c1-7-33-21-12-16(8-11-20(21)34-15(2)23(31)32-6)14-27-29-22(30)18-13-17(26)9-10-19(18)28-24(29)25(3,4)5/h8-15H,7H2,1-6H3/t15-/m1/s1. The largest absolute Gasteiger partial charge is 0.490 e. The van der Waals surface area contributed by atoms with Crippen molar-refractivity contribution < 1.29 is 19.0 Å². The molecule has 0 bridgehead atoms. The molecule has 1 heterocycles. The van der Waals surface area contributed by atoms with Gasteiger partial charge in [-0.05, 0) is 55.8 Å². The summed E-state index contributed by atoms with van der Waals surface area (Å²) in [5.41, 5.74) is 0.618. The molecule has 0 saturated carbocycles. The molecule has 9 heteroatoms. The van der Waals surface area contributed by atoms with E-state index in [2.05, 4.69) is 21.0 Å². The van der Waals surface area contributed by atoms with Crippen LogP contribution in [0.2, 0.25) is 0 Å². The maximum atomic E-state index is 13.3. The van der Waals surface area contributed by atoms with Crippen molar-refractivity contribution in [1.82, 2.24) is 9.66 Å². The number of rotatable bonds is 7. The molecular formula is C25H28BrN3O5. The minimum Gasteiger partial charge on any atom is -0.490 e. The molecule has 1 atom stereocenters. The van der Waals surface area contributed by atoms with E-state index in [1.807, 2.05) is 39.8 Å². The van der Waals surface area contributed by atoms with E-state index in [0.29, 0.717) is 40.4 Å². The van der Waals surface area contributed by atoms with Crippen LogP contribution in [0.4, 0.5) is 0 Å². The Morgan fingerprint density at radius 1 is 1.21 bits per heavy atom. The van der Waals surface area contributed by atoms with Gasteiger partial charge >= 0.3 is 5.97 Å². The molecule has 0 aliphatic rings. The molecule has 180 valence electrons. The summed E-state index contributed by atoms with van der Waals surface area (Å²) in [6.07, 6.45) is 0.776. The Morgan fingerprint density at radius 3 is 2.59 bits per heavy atom. The smallest absolute Gasteiger partial charge is 0.346 e. The van der Waals surface area contributed by atoms with E-state index in [4.69, 9.17) is 19.2 Å². The lowest BCUT2D eigenvalue weighted by Gasteiger charge is -2.21. The van der Waals surface area contributed by atoms with E-state index in [0.717, 1.165) is 4.47 Å². The zero-order valence-corrected chi connectivity index (χ0v) is 21.7.